The highest BCUT2D eigenvalue weighted by atomic mass is 32.2. The number of para-hydroxylation sites is 1. The summed E-state index contributed by atoms with van der Waals surface area (Å²) in [6.45, 7) is 2.15. The van der Waals surface area contributed by atoms with Gasteiger partial charge in [-0.1, -0.05) is 30.0 Å². The van der Waals surface area contributed by atoms with Crippen LogP contribution in [0.25, 0.3) is 6.08 Å². The molecule has 7 nitrogen and oxygen atoms in total. The molecule has 1 saturated heterocycles. The Balaban J connectivity index is 1.56. The fourth-order valence-corrected chi connectivity index (χ4v) is 4.03. The Kier molecular flexibility index (Phi) is 5.69. The number of rotatable bonds is 3. The van der Waals surface area contributed by atoms with E-state index in [4.69, 9.17) is 4.74 Å². The molecule has 3 amide bonds. The summed E-state index contributed by atoms with van der Waals surface area (Å²) in [5, 5.41) is 5.15. The third-order valence-corrected chi connectivity index (χ3v) is 5.70. The summed E-state index contributed by atoms with van der Waals surface area (Å²) in [5.74, 6) is 6.20. The van der Waals surface area contributed by atoms with Gasteiger partial charge in [-0.15, -0.1) is 0 Å². The van der Waals surface area contributed by atoms with Gasteiger partial charge in [0, 0.05) is 5.69 Å². The molecule has 2 aromatic rings. The molecule has 2 heterocycles. The third-order valence-electron chi connectivity index (χ3n) is 4.89. The van der Waals surface area contributed by atoms with Gasteiger partial charge in [0.25, 0.3) is 17.1 Å². The number of anilines is 1. The van der Waals surface area contributed by atoms with Crippen molar-refractivity contribution in [2.75, 3.05) is 19.0 Å². The number of ether oxygens (including phenoxy) is 1. The Morgan fingerprint density at radius 1 is 1.19 bits per heavy atom. The molecule has 2 N–H and O–H groups in total. The molecule has 1 fully saturated rings. The summed E-state index contributed by atoms with van der Waals surface area (Å²) in [6.07, 6.45) is 1.44. The van der Waals surface area contributed by atoms with Crippen molar-refractivity contribution in [1.82, 2.24) is 10.2 Å². The lowest BCUT2D eigenvalue weighted by Crippen LogP contribution is -2.47. The Bertz CT molecular complexity index is 1180. The molecule has 2 aromatic carbocycles. The second-order valence-corrected chi connectivity index (χ2v) is 7.93. The van der Waals surface area contributed by atoms with E-state index in [2.05, 4.69) is 22.5 Å². The fourth-order valence-electron chi connectivity index (χ4n) is 3.34. The number of imide groups is 1. The first-order chi connectivity index (χ1) is 15.0. The topological polar surface area (TPSA) is 87.7 Å². The van der Waals surface area contributed by atoms with Crippen molar-refractivity contribution in [2.45, 2.75) is 13.1 Å². The largest absolute Gasteiger partial charge is 0.495 e. The van der Waals surface area contributed by atoms with E-state index in [-0.39, 0.29) is 23.9 Å². The van der Waals surface area contributed by atoms with Crippen LogP contribution in [0.4, 0.5) is 10.5 Å². The van der Waals surface area contributed by atoms with Gasteiger partial charge in [0.1, 0.15) is 5.75 Å². The third kappa shape index (κ3) is 4.27. The highest BCUT2D eigenvalue weighted by molar-refractivity contribution is 8.18. The SMILES string of the molecule is COc1ccc(C=C2SC(=O)NC2=O)cc1C#CCN1C(=O)c2ccccc2NC1C. The minimum Gasteiger partial charge on any atom is -0.495 e. The molecule has 0 aromatic heterocycles. The fraction of sp³-hybridized carbons (Fsp3) is 0.174. The van der Waals surface area contributed by atoms with Crippen LogP contribution in [-0.4, -0.2) is 41.8 Å². The lowest BCUT2D eigenvalue weighted by atomic mass is 10.1. The number of nitrogens with one attached hydrogen (secondary N) is 2. The van der Waals surface area contributed by atoms with Crippen LogP contribution in [0, 0.1) is 11.8 Å². The van der Waals surface area contributed by atoms with Gasteiger partial charge < -0.3 is 15.0 Å². The Morgan fingerprint density at radius 3 is 2.74 bits per heavy atom. The normalized spacial score (nSPS) is 18.8. The van der Waals surface area contributed by atoms with Crippen molar-refractivity contribution in [3.05, 3.63) is 64.1 Å². The molecule has 2 aliphatic heterocycles. The van der Waals surface area contributed by atoms with E-state index in [0.717, 1.165) is 23.0 Å². The average Bonchev–Trinajstić information content (AvgIpc) is 3.07. The van der Waals surface area contributed by atoms with Crippen molar-refractivity contribution in [3.63, 3.8) is 0 Å². The number of methoxy groups -OCH3 is 1. The number of fused-ring (bicyclic) bond motifs is 1. The van der Waals surface area contributed by atoms with E-state index in [1.165, 1.54) is 0 Å². The molecule has 4 rings (SSSR count). The highest BCUT2D eigenvalue weighted by Gasteiger charge is 2.28. The smallest absolute Gasteiger partial charge is 0.290 e. The summed E-state index contributed by atoms with van der Waals surface area (Å²) in [5.41, 5.74) is 2.78. The molecule has 0 radical (unpaired) electrons. The van der Waals surface area contributed by atoms with Gasteiger partial charge in [-0.3, -0.25) is 19.7 Å². The second kappa shape index (κ2) is 8.58. The maximum Gasteiger partial charge on any atom is 0.290 e. The van der Waals surface area contributed by atoms with Crippen LogP contribution in [0.1, 0.15) is 28.4 Å². The van der Waals surface area contributed by atoms with Crippen LogP contribution in [0.3, 0.4) is 0 Å². The maximum absolute atomic E-state index is 12.8. The zero-order chi connectivity index (χ0) is 22.0. The number of benzene rings is 2. The van der Waals surface area contributed by atoms with Crippen LogP contribution in [0.15, 0.2) is 47.4 Å². The van der Waals surface area contributed by atoms with Gasteiger partial charge >= 0.3 is 0 Å². The first-order valence-electron chi connectivity index (χ1n) is 9.54. The molecule has 0 saturated carbocycles. The second-order valence-electron chi connectivity index (χ2n) is 6.91. The standard InChI is InChI=1S/C23H19N3O4S/c1-14-24-18-8-4-3-7-17(18)22(28)26(14)11-5-6-16-12-15(9-10-19(16)30-2)13-20-21(27)25-23(29)31-20/h3-4,7-10,12-14,24H,11H2,1-2H3,(H,25,27,29). The summed E-state index contributed by atoms with van der Waals surface area (Å²) < 4.78 is 5.39. The van der Waals surface area contributed by atoms with E-state index in [9.17, 15) is 14.4 Å². The van der Waals surface area contributed by atoms with Gasteiger partial charge in [-0.2, -0.15) is 0 Å². The Morgan fingerprint density at radius 2 is 2.00 bits per heavy atom. The van der Waals surface area contributed by atoms with Gasteiger partial charge in [0.2, 0.25) is 0 Å². The van der Waals surface area contributed by atoms with Crippen molar-refractivity contribution < 1.29 is 19.1 Å². The van der Waals surface area contributed by atoms with Crippen molar-refractivity contribution in [1.29, 1.82) is 0 Å². The van der Waals surface area contributed by atoms with E-state index in [1.807, 2.05) is 25.1 Å². The number of nitrogens with zero attached hydrogens (tertiary/aromatic N) is 1. The molecule has 2 aliphatic rings. The molecule has 8 heteroatoms. The molecular weight excluding hydrogens is 414 g/mol. The number of carbonyl (C=O) groups excluding carboxylic acids is 3. The van der Waals surface area contributed by atoms with Crippen molar-refractivity contribution >= 4 is 40.6 Å². The average molecular weight is 433 g/mol. The van der Waals surface area contributed by atoms with Crippen LogP contribution in [-0.2, 0) is 4.79 Å². The number of thioether (sulfide) groups is 1. The molecule has 1 unspecified atom stereocenters. The molecule has 31 heavy (non-hydrogen) atoms. The van der Waals surface area contributed by atoms with E-state index in [0.29, 0.717) is 21.8 Å². The van der Waals surface area contributed by atoms with Crippen LogP contribution in [0.5, 0.6) is 5.75 Å². The van der Waals surface area contributed by atoms with Crippen LogP contribution < -0.4 is 15.4 Å². The van der Waals surface area contributed by atoms with E-state index >= 15 is 0 Å². The van der Waals surface area contributed by atoms with Crippen molar-refractivity contribution in [2.24, 2.45) is 0 Å². The first kappa shape index (κ1) is 20.6. The molecule has 156 valence electrons. The lowest BCUT2D eigenvalue weighted by Gasteiger charge is -2.34. The van der Waals surface area contributed by atoms with E-state index < -0.39 is 5.91 Å². The monoisotopic (exact) mass is 433 g/mol. The lowest BCUT2D eigenvalue weighted by molar-refractivity contribution is -0.115. The zero-order valence-corrected chi connectivity index (χ0v) is 17.7. The quantitative estimate of drug-likeness (QED) is 0.571. The molecular formula is C23H19N3O4S. The molecule has 0 aliphatic carbocycles. The predicted molar refractivity (Wildman–Crippen MR) is 120 cm³/mol. The van der Waals surface area contributed by atoms with Gasteiger partial charge in [-0.25, -0.2) is 0 Å². The van der Waals surface area contributed by atoms with Crippen LogP contribution in [0.2, 0.25) is 0 Å². The minimum atomic E-state index is -0.413. The zero-order valence-electron chi connectivity index (χ0n) is 16.9. The highest BCUT2D eigenvalue weighted by Crippen LogP contribution is 2.28. The summed E-state index contributed by atoms with van der Waals surface area (Å²) >= 11 is 0.859. The predicted octanol–water partition coefficient (Wildman–Crippen LogP) is 3.28. The van der Waals surface area contributed by atoms with Crippen LogP contribution >= 0.6 is 11.8 Å². The molecule has 0 bridgehead atoms. The molecule has 1 atom stereocenters. The number of carbonyl (C=O) groups is 3. The minimum absolute atomic E-state index is 0.0736. The van der Waals surface area contributed by atoms with Crippen molar-refractivity contribution in [3.8, 4) is 17.6 Å². The Labute approximate surface area is 183 Å². The summed E-state index contributed by atoms with van der Waals surface area (Å²) in [7, 11) is 1.55. The number of hydrogen-bond acceptors (Lipinski definition) is 6. The molecule has 0 spiro atoms. The van der Waals surface area contributed by atoms with Gasteiger partial charge in [0.15, 0.2) is 0 Å². The van der Waals surface area contributed by atoms with Gasteiger partial charge in [0.05, 0.1) is 35.9 Å². The summed E-state index contributed by atoms with van der Waals surface area (Å²) in [4.78, 5) is 37.9. The Hall–Kier alpha value is -3.70. The van der Waals surface area contributed by atoms with E-state index in [1.54, 1.807) is 42.4 Å². The van der Waals surface area contributed by atoms with Gasteiger partial charge in [-0.05, 0) is 54.6 Å². The number of amides is 3. The maximum atomic E-state index is 12.8. The summed E-state index contributed by atoms with van der Waals surface area (Å²) in [6, 6.07) is 12.7. The first-order valence-corrected chi connectivity index (χ1v) is 10.4. The number of hydrogen-bond donors (Lipinski definition) is 2.